The molecule has 1 amide bonds. The van der Waals surface area contributed by atoms with Crippen molar-refractivity contribution < 1.29 is 9.18 Å². The van der Waals surface area contributed by atoms with Crippen molar-refractivity contribution in [2.45, 2.75) is 13.3 Å². The highest BCUT2D eigenvalue weighted by Gasteiger charge is 2.29. The summed E-state index contributed by atoms with van der Waals surface area (Å²) in [4.78, 5) is 13.4. The molecule has 0 radical (unpaired) electrons. The number of amides is 1. The molecule has 1 saturated heterocycles. The van der Waals surface area contributed by atoms with Crippen LogP contribution in [-0.2, 0) is 4.79 Å². The molecule has 86 valence electrons. The van der Waals surface area contributed by atoms with E-state index in [9.17, 15) is 9.18 Å². The zero-order valence-electron chi connectivity index (χ0n) is 9.04. The van der Waals surface area contributed by atoms with Crippen molar-refractivity contribution in [3.63, 3.8) is 0 Å². The fourth-order valence-corrected chi connectivity index (χ4v) is 2.14. The number of aryl methyl sites for hydroxylation is 1. The molecule has 2 rings (SSSR count). The summed E-state index contributed by atoms with van der Waals surface area (Å²) in [5.41, 5.74) is 1.32. The van der Waals surface area contributed by atoms with Crippen LogP contribution in [-0.4, -0.2) is 18.3 Å². The molecule has 2 nitrogen and oxygen atoms in total. The summed E-state index contributed by atoms with van der Waals surface area (Å²) in [6.07, 6.45) is 0.486. The fraction of sp³-hybridized carbons (Fsp3) is 0.417. The highest BCUT2D eigenvalue weighted by molar-refractivity contribution is 6.18. The SMILES string of the molecule is Cc1cc(N2CC(CCl)CC2=O)ccc1F. The van der Waals surface area contributed by atoms with Gasteiger partial charge in [0.1, 0.15) is 5.82 Å². The van der Waals surface area contributed by atoms with Crippen molar-refractivity contribution in [3.8, 4) is 0 Å². The maximum absolute atomic E-state index is 13.1. The van der Waals surface area contributed by atoms with E-state index in [1.165, 1.54) is 6.07 Å². The largest absolute Gasteiger partial charge is 0.312 e. The molecule has 0 N–H and O–H groups in total. The molecule has 1 atom stereocenters. The Balaban J connectivity index is 2.24. The molecule has 16 heavy (non-hydrogen) atoms. The molecule has 0 bridgehead atoms. The van der Waals surface area contributed by atoms with Gasteiger partial charge in [0, 0.05) is 24.5 Å². The molecule has 0 aromatic heterocycles. The maximum atomic E-state index is 13.1. The van der Waals surface area contributed by atoms with Crippen molar-refractivity contribution in [3.05, 3.63) is 29.6 Å². The van der Waals surface area contributed by atoms with E-state index in [1.54, 1.807) is 24.0 Å². The average Bonchev–Trinajstić information content (AvgIpc) is 2.64. The van der Waals surface area contributed by atoms with Gasteiger partial charge in [-0.25, -0.2) is 4.39 Å². The normalized spacial score (nSPS) is 20.6. The van der Waals surface area contributed by atoms with Gasteiger partial charge in [0.25, 0.3) is 0 Å². The molecule has 4 heteroatoms. The first-order valence-corrected chi connectivity index (χ1v) is 5.77. The third kappa shape index (κ3) is 2.05. The lowest BCUT2D eigenvalue weighted by Gasteiger charge is -2.17. The van der Waals surface area contributed by atoms with Crippen LogP contribution in [0.3, 0.4) is 0 Å². The molecule has 0 aliphatic carbocycles. The van der Waals surface area contributed by atoms with Gasteiger partial charge < -0.3 is 4.90 Å². The Morgan fingerprint density at radius 3 is 2.88 bits per heavy atom. The van der Waals surface area contributed by atoms with Gasteiger partial charge in [-0.1, -0.05) is 0 Å². The Labute approximate surface area is 99.0 Å². The van der Waals surface area contributed by atoms with Gasteiger partial charge in [0.2, 0.25) is 5.91 Å². The van der Waals surface area contributed by atoms with E-state index >= 15 is 0 Å². The molecule has 1 aliphatic rings. The number of carbonyl (C=O) groups excluding carboxylic acids is 1. The summed E-state index contributed by atoms with van der Waals surface area (Å²) in [6.45, 7) is 2.33. The first-order chi connectivity index (χ1) is 7.61. The van der Waals surface area contributed by atoms with Crippen LogP contribution in [0, 0.1) is 18.7 Å². The molecular weight excluding hydrogens is 229 g/mol. The zero-order valence-corrected chi connectivity index (χ0v) is 9.80. The molecule has 1 unspecified atom stereocenters. The lowest BCUT2D eigenvalue weighted by molar-refractivity contribution is -0.117. The highest BCUT2D eigenvalue weighted by Crippen LogP contribution is 2.26. The average molecular weight is 242 g/mol. The topological polar surface area (TPSA) is 20.3 Å². The Hall–Kier alpha value is -1.09. The Morgan fingerprint density at radius 2 is 2.31 bits per heavy atom. The van der Waals surface area contributed by atoms with E-state index in [2.05, 4.69) is 0 Å². The van der Waals surface area contributed by atoms with Gasteiger partial charge in [0.05, 0.1) is 0 Å². The first-order valence-electron chi connectivity index (χ1n) is 5.24. The third-order valence-corrected chi connectivity index (χ3v) is 3.31. The minimum Gasteiger partial charge on any atom is -0.312 e. The van der Waals surface area contributed by atoms with Crippen LogP contribution in [0.4, 0.5) is 10.1 Å². The number of carbonyl (C=O) groups is 1. The molecule has 0 spiro atoms. The third-order valence-electron chi connectivity index (χ3n) is 2.88. The van der Waals surface area contributed by atoms with Gasteiger partial charge in [0.15, 0.2) is 0 Å². The van der Waals surface area contributed by atoms with Gasteiger partial charge in [-0.2, -0.15) is 0 Å². The maximum Gasteiger partial charge on any atom is 0.227 e. The smallest absolute Gasteiger partial charge is 0.227 e. The lowest BCUT2D eigenvalue weighted by atomic mass is 10.1. The Kier molecular flexibility index (Phi) is 3.15. The number of halogens is 2. The van der Waals surface area contributed by atoms with Crippen LogP contribution in [0.5, 0.6) is 0 Å². The number of hydrogen-bond acceptors (Lipinski definition) is 1. The monoisotopic (exact) mass is 241 g/mol. The standard InChI is InChI=1S/C12H13ClFNO/c1-8-4-10(2-3-11(8)14)15-7-9(6-13)5-12(15)16/h2-4,9H,5-7H2,1H3. The number of anilines is 1. The Bertz CT molecular complexity index is 421. The summed E-state index contributed by atoms with van der Waals surface area (Å²) < 4.78 is 13.1. The van der Waals surface area contributed by atoms with Crippen molar-refractivity contribution in [1.29, 1.82) is 0 Å². The minimum atomic E-state index is -0.246. The van der Waals surface area contributed by atoms with Crippen molar-refractivity contribution >= 4 is 23.2 Å². The number of alkyl halides is 1. The van der Waals surface area contributed by atoms with E-state index in [0.717, 1.165) is 5.69 Å². The van der Waals surface area contributed by atoms with Crippen LogP contribution in [0.25, 0.3) is 0 Å². The summed E-state index contributed by atoms with van der Waals surface area (Å²) in [5, 5.41) is 0. The number of hydrogen-bond donors (Lipinski definition) is 0. The molecule has 1 heterocycles. The van der Waals surface area contributed by atoms with Crippen molar-refractivity contribution in [2.75, 3.05) is 17.3 Å². The molecule has 1 aliphatic heterocycles. The van der Waals surface area contributed by atoms with Gasteiger partial charge >= 0.3 is 0 Å². The van der Waals surface area contributed by atoms with Crippen molar-refractivity contribution in [1.82, 2.24) is 0 Å². The number of rotatable bonds is 2. The lowest BCUT2D eigenvalue weighted by Crippen LogP contribution is -2.24. The first kappa shape index (κ1) is 11.4. The molecule has 1 fully saturated rings. The molecule has 1 aromatic carbocycles. The van der Waals surface area contributed by atoms with Crippen LogP contribution in [0.15, 0.2) is 18.2 Å². The molecule has 1 aromatic rings. The fourth-order valence-electron chi connectivity index (χ4n) is 1.93. The Morgan fingerprint density at radius 1 is 1.56 bits per heavy atom. The van der Waals surface area contributed by atoms with Crippen LogP contribution >= 0.6 is 11.6 Å². The second kappa shape index (κ2) is 4.42. The van der Waals surface area contributed by atoms with Crippen LogP contribution in [0.2, 0.25) is 0 Å². The summed E-state index contributed by atoms with van der Waals surface area (Å²) in [5.74, 6) is 0.517. The second-order valence-electron chi connectivity index (χ2n) is 4.16. The summed E-state index contributed by atoms with van der Waals surface area (Å²) >= 11 is 5.74. The van der Waals surface area contributed by atoms with Crippen LogP contribution in [0.1, 0.15) is 12.0 Å². The van der Waals surface area contributed by atoms with E-state index in [-0.39, 0.29) is 17.6 Å². The van der Waals surface area contributed by atoms with Gasteiger partial charge in [-0.05, 0) is 36.6 Å². The molecule has 0 saturated carbocycles. The minimum absolute atomic E-state index is 0.0664. The zero-order chi connectivity index (χ0) is 11.7. The molecular formula is C12H13ClFNO. The summed E-state index contributed by atoms with van der Waals surface area (Å²) in [7, 11) is 0. The van der Waals surface area contributed by atoms with Gasteiger partial charge in [-0.3, -0.25) is 4.79 Å². The van der Waals surface area contributed by atoms with E-state index in [0.29, 0.717) is 24.4 Å². The highest BCUT2D eigenvalue weighted by atomic mass is 35.5. The quantitative estimate of drug-likeness (QED) is 0.729. The van der Waals surface area contributed by atoms with Crippen molar-refractivity contribution in [2.24, 2.45) is 5.92 Å². The predicted octanol–water partition coefficient (Wildman–Crippen LogP) is 2.73. The predicted molar refractivity (Wildman–Crippen MR) is 62.3 cm³/mol. The van der Waals surface area contributed by atoms with E-state index in [4.69, 9.17) is 11.6 Å². The second-order valence-corrected chi connectivity index (χ2v) is 4.47. The number of nitrogens with zero attached hydrogens (tertiary/aromatic N) is 1. The summed E-state index contributed by atoms with van der Waals surface area (Å²) in [6, 6.07) is 4.73. The number of benzene rings is 1. The van der Waals surface area contributed by atoms with Gasteiger partial charge in [-0.15, -0.1) is 11.6 Å². The van der Waals surface area contributed by atoms with E-state index < -0.39 is 0 Å². The van der Waals surface area contributed by atoms with Crippen LogP contribution < -0.4 is 4.90 Å². The van der Waals surface area contributed by atoms with E-state index in [1.807, 2.05) is 0 Å².